The minimum atomic E-state index is -2.51. The maximum atomic E-state index is 8.93. The van der Waals surface area contributed by atoms with Gasteiger partial charge in [-0.2, -0.15) is 182 Å². The van der Waals surface area contributed by atoms with Gasteiger partial charge in [0.2, 0.25) is 0 Å². The summed E-state index contributed by atoms with van der Waals surface area (Å²) in [4.78, 5) is 45.0. The van der Waals surface area contributed by atoms with Gasteiger partial charge in [0.15, 0.2) is 0 Å². The monoisotopic (exact) mass is 2440 g/mol. The molecule has 0 amide bonds. The second kappa shape index (κ2) is 43.4. The molecule has 0 saturated carbocycles. The molecule has 23 rings (SSSR count). The van der Waals surface area contributed by atoms with Crippen LogP contribution in [0.4, 0.5) is 0 Å². The molecule has 14 heteroatoms. The van der Waals surface area contributed by atoms with Crippen LogP contribution in [0.2, 0.25) is 0 Å². The van der Waals surface area contributed by atoms with Gasteiger partial charge < -0.3 is 8.83 Å². The van der Waals surface area contributed by atoms with Crippen molar-refractivity contribution in [1.29, 1.82) is 0 Å². The standard InChI is InChI=1S/C45H34N3O.C44H32N3O.C44H34N3.3Ir/c1-30-27-38(48-43(31(30)2)45(4,33-19-9-6-10-20-33)41-24-14-16-26-47-41)37-29-34(28-36-35-21-11-12-22-39(35)49-42(36)37)44(3,32-17-7-5-8-18-32)40-23-13-15-25-46-40;1-30-26-37(47-41(27-30)44(3,32-18-8-5-9-19-32)40-23-13-15-25-46-40)36-29-33(28-35-34-20-10-11-21-38(34)48-42(35)36)43(2,31-16-6-4-7-17-31)39-22-12-14-24-45-39;1-32-38(33-18-7-4-8-19-33)31-39(47-42(32)44(3,36-23-11-6-12-24-36)41-27-14-16-29-46-41)34-20-17-25-37(30-34)43(2,35-21-9-5-10-22-35)40-26-13-15-28-45-40;;;/h5-17,19,21-28H,1-4H3;4-16,18,20-28H,1-3H3;4-21,23,25-29,31H,1-3H3;;;/q3*-3;3*+3/t44?,45-;2*43?,44-;;;/m111.../s1/i2D3;;1D3;;;. The van der Waals surface area contributed by atoms with Crippen molar-refractivity contribution >= 4 is 43.9 Å². The van der Waals surface area contributed by atoms with Crippen LogP contribution < -0.4 is 0 Å². The van der Waals surface area contributed by atoms with E-state index < -0.39 is 46.2 Å². The number of furan rings is 2. The molecule has 11 heterocycles. The summed E-state index contributed by atoms with van der Waals surface area (Å²) in [6, 6.07) is 159. The van der Waals surface area contributed by atoms with E-state index in [9.17, 15) is 0 Å². The molecule has 0 saturated heterocycles. The topological polar surface area (TPSA) is 142 Å². The third-order valence-electron chi connectivity index (χ3n) is 28.3. The molecule has 12 aromatic carbocycles. The summed E-state index contributed by atoms with van der Waals surface area (Å²) in [6.45, 7) is 11.6. The van der Waals surface area contributed by atoms with Crippen molar-refractivity contribution in [2.24, 2.45) is 0 Å². The first-order chi connectivity index (χ1) is 72.8. The number of para-hydroxylation sites is 2. The van der Waals surface area contributed by atoms with Gasteiger partial charge in [-0.15, -0.1) is 104 Å². The van der Waals surface area contributed by atoms with Gasteiger partial charge in [-0.25, -0.2) is 0 Å². The fraction of sp³-hybridized carbons (Fsp3) is 0.120. The van der Waals surface area contributed by atoms with Crippen LogP contribution in [0.3, 0.4) is 0 Å². The molecule has 0 N–H and O–H groups in total. The summed E-state index contributed by atoms with van der Waals surface area (Å²) < 4.78 is 66.4. The number of aromatic nitrogens is 9. The fourth-order valence-corrected chi connectivity index (χ4v) is 20.1. The van der Waals surface area contributed by atoms with Crippen LogP contribution in [-0.2, 0) is 92.8 Å². The largest absolute Gasteiger partial charge is 3.00 e. The number of pyridine rings is 9. The number of benzene rings is 12. The number of hydrogen-bond donors (Lipinski definition) is 0. The number of rotatable bonds is 22. The van der Waals surface area contributed by atoms with Crippen LogP contribution in [0, 0.1) is 82.1 Å². The maximum absolute atomic E-state index is 8.93. The van der Waals surface area contributed by atoms with E-state index in [0.717, 1.165) is 145 Å². The van der Waals surface area contributed by atoms with Gasteiger partial charge >= 0.3 is 60.3 Å². The predicted molar refractivity (Wildman–Crippen MR) is 575 cm³/mol. The summed E-state index contributed by atoms with van der Waals surface area (Å²) >= 11 is 0. The molecule has 0 aliphatic heterocycles. The molecule has 0 bridgehead atoms. The molecule has 11 aromatic heterocycles. The van der Waals surface area contributed by atoms with E-state index in [-0.39, 0.29) is 71.4 Å². The Labute approximate surface area is 908 Å². The summed E-state index contributed by atoms with van der Waals surface area (Å²) in [5.41, 5.74) is 19.7. The summed E-state index contributed by atoms with van der Waals surface area (Å²) in [5, 5.41) is 3.88. The Balaban J connectivity index is 0.000000148. The molecule has 0 spiro atoms. The third-order valence-corrected chi connectivity index (χ3v) is 28.3. The smallest absolute Gasteiger partial charge is 0.501 e. The Hall–Kier alpha value is -15.5. The van der Waals surface area contributed by atoms with E-state index in [1.165, 1.54) is 0 Å². The number of nitrogens with zero attached hydrogens (tertiary/aromatic N) is 9. The summed E-state index contributed by atoms with van der Waals surface area (Å²) in [5.74, 6) is 0. The second-order valence-electron chi connectivity index (χ2n) is 37.1. The van der Waals surface area contributed by atoms with Crippen molar-refractivity contribution in [2.75, 3.05) is 0 Å². The first-order valence-corrected chi connectivity index (χ1v) is 48.0. The van der Waals surface area contributed by atoms with E-state index in [4.69, 9.17) is 61.9 Å². The minimum absolute atomic E-state index is 0. The van der Waals surface area contributed by atoms with Gasteiger partial charge in [-0.05, 0) is 199 Å². The second-order valence-corrected chi connectivity index (χ2v) is 37.1. The van der Waals surface area contributed by atoms with Crippen LogP contribution in [-0.4, -0.2) is 44.9 Å². The molecular weight excluding hydrogens is 2330 g/mol. The SMILES string of the molecule is Cc1cc(-c2[c-]c(C(C)(c3[c-]cccc3)c3ccccn3)cc3c2oc2ccccc23)nc([C@](C)(c2[c-]cccc2)c2ccccn2)c1.[2H]C([2H])([2H])c1c(-c2ccccc2)cc(-c2[c-]c(C(C)(c3[c-]cccc3)c3ccccn3)ccc2)nc1[C@](C)(c1[c-]cccc1)c1ccccn1.[2H]C([2H])([2H])c1c(C)cc(-c2[c-]c(C(C)(c3[c-]cccc3)c3ccccn3)cc3c2oc2ccccc23)nc1[C@](C)(c1[c-]cccc1)c1ccccn1.[Ir+3].[Ir+3].[Ir+3]. The van der Waals surface area contributed by atoms with Crippen molar-refractivity contribution in [2.45, 2.75) is 102 Å². The number of hydrogen-bond acceptors (Lipinski definition) is 11. The van der Waals surface area contributed by atoms with E-state index >= 15 is 0 Å². The van der Waals surface area contributed by atoms with Crippen molar-refractivity contribution in [1.82, 2.24) is 44.9 Å². The van der Waals surface area contributed by atoms with Crippen LogP contribution >= 0.6 is 0 Å². The molecular formula is C133H100Ir3N9O2. The van der Waals surface area contributed by atoms with Crippen molar-refractivity contribution in [3.8, 4) is 44.9 Å². The van der Waals surface area contributed by atoms with Crippen molar-refractivity contribution in [3.05, 3.63) is 604 Å². The molecule has 23 aromatic rings. The van der Waals surface area contributed by atoms with E-state index in [0.29, 0.717) is 56.4 Å². The normalized spacial score (nSPS) is 14.4. The molecule has 0 aliphatic carbocycles. The van der Waals surface area contributed by atoms with Gasteiger partial charge in [0.1, 0.15) is 11.2 Å². The fourth-order valence-electron chi connectivity index (χ4n) is 20.1. The zero-order valence-corrected chi connectivity index (χ0v) is 88.9. The molecule has 3 unspecified atom stereocenters. The molecule has 11 nitrogen and oxygen atoms in total. The van der Waals surface area contributed by atoms with Crippen LogP contribution in [0.1, 0.15) is 173 Å². The Kier molecular flexibility index (Phi) is 27.7. The quantitative estimate of drug-likeness (QED) is 0.0599. The molecule has 147 heavy (non-hydrogen) atoms. The number of aryl methyl sites for hydroxylation is 2. The average molecular weight is 2440 g/mol. The zero-order valence-electron chi connectivity index (χ0n) is 87.8. The Bertz CT molecular complexity index is 8510. The van der Waals surface area contributed by atoms with Gasteiger partial charge in [-0.3, -0.25) is 44.9 Å². The molecule has 0 fully saturated rings. The van der Waals surface area contributed by atoms with Gasteiger partial charge in [0.05, 0.1) is 61.6 Å². The van der Waals surface area contributed by atoms with E-state index in [2.05, 4.69) is 156 Å². The van der Waals surface area contributed by atoms with E-state index in [1.807, 2.05) is 355 Å². The summed E-state index contributed by atoms with van der Waals surface area (Å²) in [6.07, 6.45) is 10.7. The Morgan fingerprint density at radius 2 is 0.592 bits per heavy atom. The van der Waals surface area contributed by atoms with Gasteiger partial charge in [0.25, 0.3) is 0 Å². The van der Waals surface area contributed by atoms with Gasteiger partial charge in [0, 0.05) is 89.5 Å². The first kappa shape index (κ1) is 93.9. The van der Waals surface area contributed by atoms with E-state index in [1.54, 1.807) is 24.8 Å². The molecule has 0 radical (unpaired) electrons. The minimum Gasteiger partial charge on any atom is -0.501 e. The predicted octanol–water partition coefficient (Wildman–Crippen LogP) is 29.6. The van der Waals surface area contributed by atoms with Crippen LogP contribution in [0.15, 0.2) is 434 Å². The molecule has 0 aliphatic rings. The zero-order chi connectivity index (χ0) is 104. The Morgan fingerprint density at radius 1 is 0.259 bits per heavy atom. The first-order valence-electron chi connectivity index (χ1n) is 51.0. The van der Waals surface area contributed by atoms with Crippen molar-refractivity contribution < 1.29 is 77.4 Å². The third kappa shape index (κ3) is 19.0. The van der Waals surface area contributed by atoms with Gasteiger partial charge in [-0.1, -0.05) is 154 Å². The molecule has 716 valence electrons. The average Bonchev–Trinajstić information content (AvgIpc) is 1.71. The van der Waals surface area contributed by atoms with Crippen LogP contribution in [0.5, 0.6) is 0 Å². The maximum Gasteiger partial charge on any atom is 3.00 e. The van der Waals surface area contributed by atoms with Crippen LogP contribution in [0.25, 0.3) is 88.8 Å². The summed E-state index contributed by atoms with van der Waals surface area (Å²) in [7, 11) is 0. The van der Waals surface area contributed by atoms with Crippen molar-refractivity contribution in [3.63, 3.8) is 0 Å². The number of fused-ring (bicyclic) bond motifs is 6. The Morgan fingerprint density at radius 3 is 0.980 bits per heavy atom. The molecule has 6 atom stereocenters.